The molecule has 0 radical (unpaired) electrons. The summed E-state index contributed by atoms with van der Waals surface area (Å²) in [5, 5.41) is 7.24. The number of pyridine rings is 1. The van der Waals surface area contributed by atoms with Crippen molar-refractivity contribution in [2.24, 2.45) is 0 Å². The van der Waals surface area contributed by atoms with E-state index in [1.165, 1.54) is 5.69 Å². The first-order chi connectivity index (χ1) is 11.6. The molecule has 1 unspecified atom stereocenters. The van der Waals surface area contributed by atoms with Crippen LogP contribution < -0.4 is 10.2 Å². The van der Waals surface area contributed by atoms with Crippen molar-refractivity contribution in [3.8, 4) is 11.5 Å². The summed E-state index contributed by atoms with van der Waals surface area (Å²) >= 11 is 0. The van der Waals surface area contributed by atoms with Crippen molar-refractivity contribution in [1.82, 2.24) is 15.1 Å². The van der Waals surface area contributed by atoms with E-state index in [4.69, 9.17) is 4.52 Å². The van der Waals surface area contributed by atoms with Gasteiger partial charge in [-0.05, 0) is 38.1 Å². The summed E-state index contributed by atoms with van der Waals surface area (Å²) < 4.78 is 5.26. The lowest BCUT2D eigenvalue weighted by Crippen LogP contribution is -2.35. The average Bonchev–Trinajstić information content (AvgIpc) is 3.06. The molecule has 124 valence electrons. The van der Waals surface area contributed by atoms with Crippen LogP contribution >= 0.6 is 0 Å². The molecule has 0 fully saturated rings. The number of para-hydroxylation sites is 1. The van der Waals surface area contributed by atoms with Gasteiger partial charge in [0.05, 0.1) is 5.56 Å². The standard InChI is InChI=1S/C18H21N5O/c1-13(23(3)15-8-5-4-6-9-15)12-20-17-16(10-7-11-19-17)18-21-14(2)22-24-18/h4-11,13H,12H2,1-3H3,(H,19,20). The second-order valence-electron chi connectivity index (χ2n) is 5.72. The van der Waals surface area contributed by atoms with Crippen LogP contribution in [0.2, 0.25) is 0 Å². The summed E-state index contributed by atoms with van der Waals surface area (Å²) in [4.78, 5) is 10.9. The van der Waals surface area contributed by atoms with Gasteiger partial charge in [0.1, 0.15) is 5.82 Å². The smallest absolute Gasteiger partial charge is 0.261 e. The van der Waals surface area contributed by atoms with Gasteiger partial charge in [-0.25, -0.2) is 4.98 Å². The van der Waals surface area contributed by atoms with Crippen LogP contribution in [-0.4, -0.2) is 34.8 Å². The molecule has 3 rings (SSSR count). The van der Waals surface area contributed by atoms with E-state index in [1.807, 2.05) is 30.3 Å². The second-order valence-corrected chi connectivity index (χ2v) is 5.72. The third-order valence-corrected chi connectivity index (χ3v) is 3.96. The number of nitrogens with one attached hydrogen (secondary N) is 1. The van der Waals surface area contributed by atoms with Crippen LogP contribution in [0.15, 0.2) is 53.2 Å². The molecule has 0 aliphatic rings. The highest BCUT2D eigenvalue weighted by Crippen LogP contribution is 2.24. The van der Waals surface area contributed by atoms with Gasteiger partial charge in [-0.1, -0.05) is 23.4 Å². The number of hydrogen-bond donors (Lipinski definition) is 1. The van der Waals surface area contributed by atoms with Gasteiger partial charge >= 0.3 is 0 Å². The van der Waals surface area contributed by atoms with Gasteiger partial charge in [-0.2, -0.15) is 4.98 Å². The molecule has 0 saturated heterocycles. The fraction of sp³-hybridized carbons (Fsp3) is 0.278. The number of nitrogens with zero attached hydrogens (tertiary/aromatic N) is 4. The lowest BCUT2D eigenvalue weighted by molar-refractivity contribution is 0.425. The van der Waals surface area contributed by atoms with E-state index in [0.29, 0.717) is 11.7 Å². The van der Waals surface area contributed by atoms with Crippen LogP contribution in [0, 0.1) is 6.92 Å². The Morgan fingerprint density at radius 1 is 1.17 bits per heavy atom. The summed E-state index contributed by atoms with van der Waals surface area (Å²) in [5.41, 5.74) is 1.99. The summed E-state index contributed by atoms with van der Waals surface area (Å²) in [7, 11) is 2.09. The van der Waals surface area contributed by atoms with Crippen molar-refractivity contribution in [3.63, 3.8) is 0 Å². The highest BCUT2D eigenvalue weighted by molar-refractivity contribution is 5.68. The minimum absolute atomic E-state index is 0.284. The Balaban J connectivity index is 1.71. The molecule has 3 aromatic rings. The van der Waals surface area contributed by atoms with Gasteiger partial charge in [0.25, 0.3) is 5.89 Å². The van der Waals surface area contributed by atoms with E-state index in [0.717, 1.165) is 17.9 Å². The molecule has 1 aromatic carbocycles. The monoisotopic (exact) mass is 323 g/mol. The lowest BCUT2D eigenvalue weighted by atomic mass is 10.2. The Kier molecular flexibility index (Phi) is 4.74. The van der Waals surface area contributed by atoms with Gasteiger partial charge in [-0.15, -0.1) is 0 Å². The molecule has 2 heterocycles. The van der Waals surface area contributed by atoms with Crippen LogP contribution in [-0.2, 0) is 0 Å². The van der Waals surface area contributed by atoms with Crippen LogP contribution in [0.4, 0.5) is 11.5 Å². The number of benzene rings is 1. The molecule has 2 aromatic heterocycles. The molecule has 0 saturated carbocycles. The molecular weight excluding hydrogens is 302 g/mol. The maximum absolute atomic E-state index is 5.26. The number of aryl methyl sites for hydroxylation is 1. The first-order valence-electron chi connectivity index (χ1n) is 7.92. The Labute approximate surface area is 141 Å². The molecule has 0 amide bonds. The molecule has 0 bridgehead atoms. The van der Waals surface area contributed by atoms with Crippen molar-refractivity contribution >= 4 is 11.5 Å². The average molecular weight is 323 g/mol. The predicted molar refractivity (Wildman–Crippen MR) is 95.1 cm³/mol. The molecule has 1 atom stereocenters. The molecule has 0 aliphatic heterocycles. The summed E-state index contributed by atoms with van der Waals surface area (Å²) in [6.07, 6.45) is 1.75. The Bertz CT molecular complexity index is 787. The summed E-state index contributed by atoms with van der Waals surface area (Å²) in [5.74, 6) is 1.83. The van der Waals surface area contributed by atoms with E-state index in [9.17, 15) is 0 Å². The fourth-order valence-electron chi connectivity index (χ4n) is 2.42. The zero-order chi connectivity index (χ0) is 16.9. The quantitative estimate of drug-likeness (QED) is 0.750. The Morgan fingerprint density at radius 2 is 1.96 bits per heavy atom. The zero-order valence-electron chi connectivity index (χ0n) is 14.1. The fourth-order valence-corrected chi connectivity index (χ4v) is 2.42. The van der Waals surface area contributed by atoms with Crippen molar-refractivity contribution in [2.75, 3.05) is 23.8 Å². The van der Waals surface area contributed by atoms with Gasteiger partial charge < -0.3 is 14.7 Å². The molecule has 6 nitrogen and oxygen atoms in total. The molecule has 1 N–H and O–H groups in total. The third kappa shape index (κ3) is 3.53. The number of rotatable bonds is 6. The van der Waals surface area contributed by atoms with Crippen molar-refractivity contribution in [3.05, 3.63) is 54.5 Å². The molecular formula is C18H21N5O. The van der Waals surface area contributed by atoms with Crippen molar-refractivity contribution in [2.45, 2.75) is 19.9 Å². The van der Waals surface area contributed by atoms with Gasteiger partial charge in [0.15, 0.2) is 5.82 Å². The normalized spacial score (nSPS) is 12.0. The van der Waals surface area contributed by atoms with Crippen LogP contribution in [0.3, 0.4) is 0 Å². The maximum Gasteiger partial charge on any atom is 0.261 e. The first-order valence-corrected chi connectivity index (χ1v) is 7.92. The topological polar surface area (TPSA) is 67.1 Å². The van der Waals surface area contributed by atoms with Crippen LogP contribution in [0.25, 0.3) is 11.5 Å². The van der Waals surface area contributed by atoms with Gasteiger partial charge in [-0.3, -0.25) is 0 Å². The maximum atomic E-state index is 5.26. The van der Waals surface area contributed by atoms with Gasteiger partial charge in [0.2, 0.25) is 0 Å². The lowest BCUT2D eigenvalue weighted by Gasteiger charge is -2.27. The molecule has 6 heteroatoms. The zero-order valence-corrected chi connectivity index (χ0v) is 14.1. The minimum Gasteiger partial charge on any atom is -0.370 e. The van der Waals surface area contributed by atoms with Crippen LogP contribution in [0.5, 0.6) is 0 Å². The number of hydrogen-bond acceptors (Lipinski definition) is 6. The minimum atomic E-state index is 0.284. The highest BCUT2D eigenvalue weighted by Gasteiger charge is 2.14. The summed E-state index contributed by atoms with van der Waals surface area (Å²) in [6, 6.07) is 14.4. The van der Waals surface area contributed by atoms with E-state index >= 15 is 0 Å². The largest absolute Gasteiger partial charge is 0.370 e. The molecule has 24 heavy (non-hydrogen) atoms. The van der Waals surface area contributed by atoms with Crippen molar-refractivity contribution < 1.29 is 4.52 Å². The van der Waals surface area contributed by atoms with E-state index in [1.54, 1.807) is 13.1 Å². The number of anilines is 2. The summed E-state index contributed by atoms with van der Waals surface area (Å²) in [6.45, 7) is 4.70. The third-order valence-electron chi connectivity index (χ3n) is 3.96. The first kappa shape index (κ1) is 16.0. The Hall–Kier alpha value is -2.89. The number of aromatic nitrogens is 3. The number of likely N-dealkylation sites (N-methyl/N-ethyl adjacent to an activating group) is 1. The van der Waals surface area contributed by atoms with Crippen molar-refractivity contribution in [1.29, 1.82) is 0 Å². The molecule has 0 aliphatic carbocycles. The van der Waals surface area contributed by atoms with Gasteiger partial charge in [0, 0.05) is 31.5 Å². The van der Waals surface area contributed by atoms with Crippen LogP contribution in [0.1, 0.15) is 12.7 Å². The Morgan fingerprint density at radius 3 is 2.67 bits per heavy atom. The van der Waals surface area contributed by atoms with E-state index < -0.39 is 0 Å². The predicted octanol–water partition coefficient (Wildman–Crippen LogP) is 3.38. The van der Waals surface area contributed by atoms with E-state index in [2.05, 4.69) is 51.4 Å². The second kappa shape index (κ2) is 7.12. The van der Waals surface area contributed by atoms with E-state index in [-0.39, 0.29) is 6.04 Å². The molecule has 0 spiro atoms. The highest BCUT2D eigenvalue weighted by atomic mass is 16.5. The SMILES string of the molecule is Cc1noc(-c2cccnc2NCC(C)N(C)c2ccccc2)n1.